The molecule has 0 spiro atoms. The lowest BCUT2D eigenvalue weighted by atomic mass is 9.96. The maximum atomic E-state index is 13.4. The highest BCUT2D eigenvalue weighted by molar-refractivity contribution is 6.30. The molecule has 2 aliphatic rings. The Labute approximate surface area is 176 Å². The first-order valence-corrected chi connectivity index (χ1v) is 9.69. The van der Waals surface area contributed by atoms with Crippen LogP contribution >= 0.6 is 11.6 Å². The molecule has 3 aromatic carbocycles. The number of nitro groups is 1. The zero-order valence-electron chi connectivity index (χ0n) is 15.5. The van der Waals surface area contributed by atoms with Gasteiger partial charge in [0.15, 0.2) is 0 Å². The molecule has 0 aromatic heterocycles. The summed E-state index contributed by atoms with van der Waals surface area (Å²) in [5, 5.41) is 18.2. The van der Waals surface area contributed by atoms with E-state index in [-0.39, 0.29) is 17.5 Å². The summed E-state index contributed by atoms with van der Waals surface area (Å²) in [6.07, 6.45) is 0.0497. The van der Waals surface area contributed by atoms with Gasteiger partial charge in [0.05, 0.1) is 16.7 Å². The summed E-state index contributed by atoms with van der Waals surface area (Å²) < 4.78 is 19.6. The fraction of sp³-hybridized carbons (Fsp3) is 0.136. The molecule has 5 rings (SSSR count). The minimum Gasteiger partial charge on any atom is -0.464 e. The minimum absolute atomic E-state index is 0.00946. The summed E-state index contributed by atoms with van der Waals surface area (Å²) in [7, 11) is 0. The molecule has 2 atom stereocenters. The zero-order chi connectivity index (χ0) is 20.8. The molecule has 0 aliphatic carbocycles. The van der Waals surface area contributed by atoms with E-state index in [0.29, 0.717) is 17.2 Å². The van der Waals surface area contributed by atoms with Gasteiger partial charge in [-0.2, -0.15) is 5.10 Å². The van der Waals surface area contributed by atoms with Gasteiger partial charge in [0.25, 0.3) is 5.69 Å². The number of nitro benzene ring substituents is 1. The van der Waals surface area contributed by atoms with E-state index in [1.54, 1.807) is 30.3 Å². The largest absolute Gasteiger partial charge is 0.464 e. The van der Waals surface area contributed by atoms with Crippen LogP contribution in [-0.2, 0) is 0 Å². The van der Waals surface area contributed by atoms with E-state index < -0.39 is 11.2 Å². The number of rotatable bonds is 3. The summed E-state index contributed by atoms with van der Waals surface area (Å²) in [4.78, 5) is 10.6. The Hall–Kier alpha value is -3.45. The van der Waals surface area contributed by atoms with E-state index >= 15 is 0 Å². The second-order valence-electron chi connectivity index (χ2n) is 7.15. The van der Waals surface area contributed by atoms with Crippen LogP contribution < -0.4 is 4.74 Å². The van der Waals surface area contributed by atoms with E-state index in [4.69, 9.17) is 21.4 Å². The standard InChI is InChI=1S/C22H15ClFN3O3/c23-15-5-10-21-18(11-15)20-12-19(13-1-6-16(24)7-2-13)25-26(20)22(30-21)14-3-8-17(9-4-14)27(28)29/h1-11,20,22H,12H2/t20-,22-/m0/s1. The van der Waals surface area contributed by atoms with Crippen LogP contribution in [0, 0.1) is 15.9 Å². The number of halogens is 2. The van der Waals surface area contributed by atoms with Gasteiger partial charge >= 0.3 is 0 Å². The lowest BCUT2D eigenvalue weighted by Crippen LogP contribution is -2.33. The number of hydrogen-bond acceptors (Lipinski definition) is 5. The lowest BCUT2D eigenvalue weighted by Gasteiger charge is -2.38. The van der Waals surface area contributed by atoms with E-state index in [1.807, 2.05) is 17.1 Å². The topological polar surface area (TPSA) is 68.0 Å². The highest BCUT2D eigenvalue weighted by atomic mass is 35.5. The molecule has 30 heavy (non-hydrogen) atoms. The molecular weight excluding hydrogens is 409 g/mol. The number of hydrogen-bond donors (Lipinski definition) is 0. The third kappa shape index (κ3) is 3.17. The van der Waals surface area contributed by atoms with Crippen molar-refractivity contribution >= 4 is 23.0 Å². The van der Waals surface area contributed by atoms with Crippen LogP contribution in [0.5, 0.6) is 5.75 Å². The van der Waals surface area contributed by atoms with Gasteiger partial charge in [-0.15, -0.1) is 0 Å². The van der Waals surface area contributed by atoms with Crippen LogP contribution in [0.4, 0.5) is 10.1 Å². The van der Waals surface area contributed by atoms with Crippen molar-refractivity contribution in [2.75, 3.05) is 0 Å². The maximum Gasteiger partial charge on any atom is 0.269 e. The van der Waals surface area contributed by atoms with Crippen molar-refractivity contribution in [1.29, 1.82) is 0 Å². The van der Waals surface area contributed by atoms with E-state index in [0.717, 1.165) is 22.4 Å². The van der Waals surface area contributed by atoms with Crippen molar-refractivity contribution in [1.82, 2.24) is 5.01 Å². The lowest BCUT2D eigenvalue weighted by molar-refractivity contribution is -0.384. The Morgan fingerprint density at radius 3 is 2.53 bits per heavy atom. The molecule has 3 aromatic rings. The molecule has 8 heteroatoms. The van der Waals surface area contributed by atoms with Gasteiger partial charge in [-0.3, -0.25) is 10.1 Å². The number of nitrogens with zero attached hydrogens (tertiary/aromatic N) is 3. The van der Waals surface area contributed by atoms with E-state index in [1.165, 1.54) is 24.3 Å². The van der Waals surface area contributed by atoms with Gasteiger partial charge in [0, 0.05) is 34.7 Å². The van der Waals surface area contributed by atoms with Crippen LogP contribution in [0.15, 0.2) is 71.8 Å². The fourth-order valence-electron chi connectivity index (χ4n) is 3.86. The molecule has 0 unspecified atom stereocenters. The molecule has 6 nitrogen and oxygen atoms in total. The van der Waals surface area contributed by atoms with Crippen LogP contribution in [0.3, 0.4) is 0 Å². The molecule has 0 saturated carbocycles. The fourth-order valence-corrected chi connectivity index (χ4v) is 4.04. The molecule has 2 aliphatic heterocycles. The second kappa shape index (κ2) is 7.11. The monoisotopic (exact) mass is 423 g/mol. The van der Waals surface area contributed by atoms with Crippen LogP contribution in [0.1, 0.15) is 35.4 Å². The first kappa shape index (κ1) is 18.6. The predicted molar refractivity (Wildman–Crippen MR) is 110 cm³/mol. The molecule has 0 N–H and O–H groups in total. The minimum atomic E-state index is -0.553. The van der Waals surface area contributed by atoms with Crippen molar-refractivity contribution < 1.29 is 14.1 Å². The van der Waals surface area contributed by atoms with E-state index in [9.17, 15) is 14.5 Å². The SMILES string of the molecule is O=[N+]([O-])c1ccc([C@@H]2Oc3ccc(Cl)cc3[C@@H]3CC(c4ccc(F)cc4)=NN32)cc1. The summed E-state index contributed by atoms with van der Waals surface area (Å²) >= 11 is 6.22. The number of hydrazone groups is 1. The molecule has 0 radical (unpaired) electrons. The van der Waals surface area contributed by atoms with Crippen molar-refractivity contribution in [3.05, 3.63) is 104 Å². The van der Waals surface area contributed by atoms with Gasteiger partial charge in [-0.05, 0) is 48.0 Å². The van der Waals surface area contributed by atoms with Crippen molar-refractivity contribution in [3.8, 4) is 5.75 Å². The molecule has 0 fully saturated rings. The van der Waals surface area contributed by atoms with Crippen LogP contribution in [0.25, 0.3) is 0 Å². The van der Waals surface area contributed by atoms with Gasteiger partial charge in [-0.1, -0.05) is 23.7 Å². The van der Waals surface area contributed by atoms with Crippen molar-refractivity contribution in [2.45, 2.75) is 18.7 Å². The molecule has 0 saturated heterocycles. The van der Waals surface area contributed by atoms with E-state index in [2.05, 4.69) is 0 Å². The first-order chi connectivity index (χ1) is 14.5. The average molecular weight is 424 g/mol. The van der Waals surface area contributed by atoms with Crippen LogP contribution in [-0.4, -0.2) is 15.6 Å². The summed E-state index contributed by atoms with van der Waals surface area (Å²) in [5.74, 6) is 0.388. The summed E-state index contributed by atoms with van der Waals surface area (Å²) in [6, 6.07) is 17.8. The maximum absolute atomic E-state index is 13.4. The highest BCUT2D eigenvalue weighted by Crippen LogP contribution is 2.48. The van der Waals surface area contributed by atoms with Gasteiger partial charge in [-0.25, -0.2) is 9.40 Å². The molecular formula is C22H15ClFN3O3. The average Bonchev–Trinajstić information content (AvgIpc) is 3.19. The molecule has 0 amide bonds. The van der Waals surface area contributed by atoms with Gasteiger partial charge in [0.1, 0.15) is 11.6 Å². The molecule has 2 heterocycles. The van der Waals surface area contributed by atoms with Crippen molar-refractivity contribution in [2.24, 2.45) is 5.10 Å². The van der Waals surface area contributed by atoms with Crippen molar-refractivity contribution in [3.63, 3.8) is 0 Å². The number of ether oxygens (including phenoxy) is 1. The van der Waals surface area contributed by atoms with Crippen LogP contribution in [0.2, 0.25) is 5.02 Å². The van der Waals surface area contributed by atoms with Gasteiger partial charge < -0.3 is 4.74 Å². The number of benzene rings is 3. The number of non-ortho nitro benzene ring substituents is 1. The Balaban J connectivity index is 1.57. The Bertz CT molecular complexity index is 1170. The predicted octanol–water partition coefficient (Wildman–Crippen LogP) is 5.63. The quantitative estimate of drug-likeness (QED) is 0.404. The second-order valence-corrected chi connectivity index (χ2v) is 7.59. The third-order valence-electron chi connectivity index (χ3n) is 5.32. The molecule has 0 bridgehead atoms. The summed E-state index contributed by atoms with van der Waals surface area (Å²) in [6.45, 7) is 0. The van der Waals surface area contributed by atoms with Gasteiger partial charge in [0.2, 0.25) is 6.23 Å². The third-order valence-corrected chi connectivity index (χ3v) is 5.55. The summed E-state index contributed by atoms with van der Waals surface area (Å²) in [5.41, 5.74) is 3.31. The zero-order valence-corrected chi connectivity index (χ0v) is 16.3. The number of fused-ring (bicyclic) bond motifs is 3. The Morgan fingerprint density at radius 1 is 1.10 bits per heavy atom. The Kier molecular flexibility index (Phi) is 4.40. The highest BCUT2D eigenvalue weighted by Gasteiger charge is 2.41. The Morgan fingerprint density at radius 2 is 1.83 bits per heavy atom. The smallest absolute Gasteiger partial charge is 0.269 e. The first-order valence-electron chi connectivity index (χ1n) is 9.32. The normalized spacial score (nSPS) is 19.5. The molecule has 150 valence electrons.